The molecule has 0 aliphatic rings. The molecule has 0 radical (unpaired) electrons. The van der Waals surface area contributed by atoms with Gasteiger partial charge in [-0.1, -0.05) is 18.1 Å². The van der Waals surface area contributed by atoms with E-state index >= 15 is 0 Å². The number of hydrogen-bond acceptors (Lipinski definition) is 2. The van der Waals surface area contributed by atoms with E-state index in [9.17, 15) is 0 Å². The van der Waals surface area contributed by atoms with Crippen LogP contribution in [0.2, 0.25) is 6.55 Å². The summed E-state index contributed by atoms with van der Waals surface area (Å²) in [5.41, 5.74) is 0.873. The molecule has 1 aromatic carbocycles. The van der Waals surface area contributed by atoms with Crippen molar-refractivity contribution < 1.29 is 8.85 Å². The van der Waals surface area contributed by atoms with Gasteiger partial charge in [0.2, 0.25) is 0 Å². The zero-order valence-corrected chi connectivity index (χ0v) is 9.70. The average molecular weight is 206 g/mol. The van der Waals surface area contributed by atoms with Crippen LogP contribution in [0.15, 0.2) is 24.3 Å². The number of terminal acetylenes is 1. The quantitative estimate of drug-likeness (QED) is 0.547. The van der Waals surface area contributed by atoms with Crippen LogP contribution in [0.1, 0.15) is 5.56 Å². The van der Waals surface area contributed by atoms with Crippen LogP contribution < -0.4 is 5.19 Å². The molecule has 0 aliphatic carbocycles. The van der Waals surface area contributed by atoms with Gasteiger partial charge in [-0.2, -0.15) is 0 Å². The molecule has 0 amide bonds. The summed E-state index contributed by atoms with van der Waals surface area (Å²) < 4.78 is 10.8. The molecule has 0 N–H and O–H groups in total. The van der Waals surface area contributed by atoms with E-state index in [-0.39, 0.29) is 0 Å². The second-order valence-electron chi connectivity index (χ2n) is 3.08. The maximum absolute atomic E-state index is 5.41. The maximum Gasteiger partial charge on any atom is 0.368 e. The minimum Gasteiger partial charge on any atom is -0.394 e. The van der Waals surface area contributed by atoms with E-state index in [0.29, 0.717) is 0 Å². The highest BCUT2D eigenvalue weighted by Crippen LogP contribution is 2.06. The first kappa shape index (κ1) is 11.0. The molecule has 0 aliphatic heterocycles. The van der Waals surface area contributed by atoms with Gasteiger partial charge in [-0.05, 0) is 23.9 Å². The molecular formula is C11H14O2Si. The van der Waals surface area contributed by atoms with Gasteiger partial charge in [0, 0.05) is 19.8 Å². The Labute approximate surface area is 86.1 Å². The van der Waals surface area contributed by atoms with Crippen molar-refractivity contribution in [2.75, 3.05) is 14.2 Å². The SMILES string of the molecule is C#Cc1ccc([Si](C)(OC)OC)cc1. The standard InChI is InChI=1S/C11H14O2Si/c1-5-10-6-8-11(9-7-10)14(4,12-2)13-3/h1,6-9H,2-4H3. The third-order valence-electron chi connectivity index (χ3n) is 2.35. The van der Waals surface area contributed by atoms with Gasteiger partial charge in [-0.25, -0.2) is 0 Å². The van der Waals surface area contributed by atoms with Crippen LogP contribution in [0.5, 0.6) is 0 Å². The zero-order chi connectivity index (χ0) is 10.6. The first-order chi connectivity index (χ1) is 6.66. The second-order valence-corrected chi connectivity index (χ2v) is 6.36. The summed E-state index contributed by atoms with van der Waals surface area (Å²) in [6.45, 7) is 2.00. The maximum atomic E-state index is 5.41. The van der Waals surface area contributed by atoms with Crippen LogP contribution in [0, 0.1) is 12.3 Å². The van der Waals surface area contributed by atoms with Crippen LogP contribution in [0.25, 0.3) is 0 Å². The number of benzene rings is 1. The Morgan fingerprint density at radius 3 is 2.00 bits per heavy atom. The van der Waals surface area contributed by atoms with E-state index in [1.165, 1.54) is 0 Å². The predicted molar refractivity (Wildman–Crippen MR) is 59.6 cm³/mol. The number of rotatable bonds is 3. The third kappa shape index (κ3) is 2.04. The van der Waals surface area contributed by atoms with Crippen LogP contribution in [-0.4, -0.2) is 22.8 Å². The molecule has 1 rings (SSSR count). The first-order valence-corrected chi connectivity index (χ1v) is 6.65. The zero-order valence-electron chi connectivity index (χ0n) is 8.70. The Bertz CT molecular complexity index is 333. The van der Waals surface area contributed by atoms with Crippen LogP contribution in [0.4, 0.5) is 0 Å². The van der Waals surface area contributed by atoms with E-state index in [4.69, 9.17) is 15.3 Å². The lowest BCUT2D eigenvalue weighted by molar-refractivity contribution is 0.265. The molecule has 0 saturated heterocycles. The fourth-order valence-electron chi connectivity index (χ4n) is 1.19. The van der Waals surface area contributed by atoms with Gasteiger partial charge in [-0.15, -0.1) is 6.42 Å². The summed E-state index contributed by atoms with van der Waals surface area (Å²) >= 11 is 0. The van der Waals surface area contributed by atoms with Gasteiger partial charge in [0.05, 0.1) is 0 Å². The van der Waals surface area contributed by atoms with Crippen LogP contribution in [0.3, 0.4) is 0 Å². The summed E-state index contributed by atoms with van der Waals surface area (Å²) in [6, 6.07) is 7.74. The largest absolute Gasteiger partial charge is 0.394 e. The summed E-state index contributed by atoms with van der Waals surface area (Å²) in [4.78, 5) is 0. The summed E-state index contributed by atoms with van der Waals surface area (Å²) in [5, 5.41) is 1.08. The Kier molecular flexibility index (Phi) is 3.47. The highest BCUT2D eigenvalue weighted by molar-refractivity contribution is 6.79. The topological polar surface area (TPSA) is 18.5 Å². The third-order valence-corrected chi connectivity index (χ3v) is 5.30. The van der Waals surface area contributed by atoms with Gasteiger partial charge in [-0.3, -0.25) is 0 Å². The molecule has 0 atom stereocenters. The lowest BCUT2D eigenvalue weighted by Crippen LogP contribution is -2.49. The monoisotopic (exact) mass is 206 g/mol. The molecule has 0 unspecified atom stereocenters. The van der Waals surface area contributed by atoms with Crippen molar-refractivity contribution in [3.05, 3.63) is 29.8 Å². The molecular weight excluding hydrogens is 192 g/mol. The number of hydrogen-bond donors (Lipinski definition) is 0. The predicted octanol–water partition coefficient (Wildman–Crippen LogP) is 1.24. The summed E-state index contributed by atoms with van der Waals surface area (Å²) in [7, 11) is 1.17. The Morgan fingerprint density at radius 2 is 1.64 bits per heavy atom. The average Bonchev–Trinajstić information content (AvgIpc) is 2.28. The molecule has 2 nitrogen and oxygen atoms in total. The Hall–Kier alpha value is -1.08. The minimum atomic E-state index is -2.18. The lowest BCUT2D eigenvalue weighted by atomic mass is 10.2. The highest BCUT2D eigenvalue weighted by Gasteiger charge is 2.31. The fraction of sp³-hybridized carbons (Fsp3) is 0.273. The Balaban J connectivity index is 3.02. The van der Waals surface area contributed by atoms with Crippen molar-refractivity contribution in [1.29, 1.82) is 0 Å². The molecule has 0 spiro atoms. The second kappa shape index (κ2) is 4.42. The van der Waals surface area contributed by atoms with E-state index in [1.807, 2.05) is 30.8 Å². The van der Waals surface area contributed by atoms with Crippen LogP contribution >= 0.6 is 0 Å². The van der Waals surface area contributed by atoms with E-state index in [2.05, 4.69) is 5.92 Å². The fourth-order valence-corrected chi connectivity index (χ4v) is 2.60. The molecule has 0 bridgehead atoms. The van der Waals surface area contributed by atoms with Crippen molar-refractivity contribution in [2.24, 2.45) is 0 Å². The smallest absolute Gasteiger partial charge is 0.368 e. The molecule has 0 aromatic heterocycles. The van der Waals surface area contributed by atoms with Crippen molar-refractivity contribution in [2.45, 2.75) is 6.55 Å². The molecule has 0 heterocycles. The van der Waals surface area contributed by atoms with Gasteiger partial charge in [0.15, 0.2) is 0 Å². The van der Waals surface area contributed by atoms with Gasteiger partial charge in [0.1, 0.15) is 0 Å². The van der Waals surface area contributed by atoms with Gasteiger partial charge >= 0.3 is 8.56 Å². The van der Waals surface area contributed by atoms with Crippen molar-refractivity contribution in [3.8, 4) is 12.3 Å². The van der Waals surface area contributed by atoms with Crippen molar-refractivity contribution >= 4 is 13.7 Å². The van der Waals surface area contributed by atoms with Crippen molar-refractivity contribution in [3.63, 3.8) is 0 Å². The Morgan fingerprint density at radius 1 is 1.14 bits per heavy atom. The molecule has 1 aromatic rings. The molecule has 74 valence electrons. The summed E-state index contributed by atoms with van der Waals surface area (Å²) in [6.07, 6.45) is 5.27. The van der Waals surface area contributed by atoms with E-state index < -0.39 is 8.56 Å². The minimum absolute atomic E-state index is 0.873. The molecule has 0 fully saturated rings. The van der Waals surface area contributed by atoms with Crippen molar-refractivity contribution in [1.82, 2.24) is 0 Å². The molecule has 0 saturated carbocycles. The van der Waals surface area contributed by atoms with Crippen LogP contribution in [-0.2, 0) is 8.85 Å². The highest BCUT2D eigenvalue weighted by atomic mass is 28.4. The lowest BCUT2D eigenvalue weighted by Gasteiger charge is -2.22. The van der Waals surface area contributed by atoms with Gasteiger partial charge in [0.25, 0.3) is 0 Å². The van der Waals surface area contributed by atoms with Gasteiger partial charge < -0.3 is 8.85 Å². The molecule has 14 heavy (non-hydrogen) atoms. The van der Waals surface area contributed by atoms with E-state index in [1.54, 1.807) is 14.2 Å². The normalized spacial score (nSPS) is 11.0. The first-order valence-electron chi connectivity index (χ1n) is 4.33. The summed E-state index contributed by atoms with van der Waals surface area (Å²) in [5.74, 6) is 2.58. The molecule has 3 heteroatoms. The van der Waals surface area contributed by atoms with E-state index in [0.717, 1.165) is 10.8 Å².